The summed E-state index contributed by atoms with van der Waals surface area (Å²) in [5.74, 6) is 0. The molecular weight excluding hydrogens is 251 g/mol. The quantitative estimate of drug-likeness (QED) is 0.637. The number of halogens is 1. The molecule has 0 saturated carbocycles. The first-order valence-corrected chi connectivity index (χ1v) is 4.49. The summed E-state index contributed by atoms with van der Waals surface area (Å²) >= 11 is 2.10. The molecule has 1 nitrogen and oxygen atoms in total. The van der Waals surface area contributed by atoms with E-state index in [1.807, 2.05) is 30.3 Å². The highest BCUT2D eigenvalue weighted by atomic mass is 127. The van der Waals surface area contributed by atoms with E-state index in [-0.39, 0.29) is 0 Å². The number of benzene rings is 1. The van der Waals surface area contributed by atoms with E-state index in [4.69, 9.17) is 0 Å². The summed E-state index contributed by atoms with van der Waals surface area (Å²) in [6.07, 6.45) is 1.32. The maximum atomic E-state index is 11.4. The molecule has 1 unspecified atom stereocenters. The minimum atomic E-state index is -0.633. The fraction of sp³-hybridized carbons (Fsp3) is 0.111. The van der Waals surface area contributed by atoms with Crippen molar-refractivity contribution in [2.24, 2.45) is 0 Å². The first-order chi connectivity index (χ1) is 5.29. The van der Waals surface area contributed by atoms with Crippen molar-refractivity contribution in [2.75, 3.05) is 0 Å². The average molecular weight is 257 g/mol. The number of hydrogen-bond acceptors (Lipinski definition) is 0. The first-order valence-electron chi connectivity index (χ1n) is 3.41. The van der Waals surface area contributed by atoms with Gasteiger partial charge in [0.15, 0.2) is 0 Å². The van der Waals surface area contributed by atoms with E-state index >= 15 is 0 Å². The Hall–Kier alpha value is -0.350. The fourth-order valence-corrected chi connectivity index (χ4v) is 1.92. The molecule has 1 radical (unpaired) electrons. The van der Waals surface area contributed by atoms with E-state index < -0.39 is 6.10 Å². The average Bonchev–Trinajstić information content (AvgIpc) is 2.30. The second kappa shape index (κ2) is 2.60. The van der Waals surface area contributed by atoms with Crippen molar-refractivity contribution < 1.29 is 5.11 Å². The Morgan fingerprint density at radius 3 is 2.73 bits per heavy atom. The zero-order valence-corrected chi connectivity index (χ0v) is 7.91. The standard InChI is InChI=1S/C9H6IO/c10-8-5-6-3-1-2-4-7(6)9(8)11/h1-5,9H. The minimum Gasteiger partial charge on any atom is -0.222 e. The predicted molar refractivity (Wildman–Crippen MR) is 51.9 cm³/mol. The lowest BCUT2D eigenvalue weighted by atomic mass is 10.1. The lowest BCUT2D eigenvalue weighted by Crippen LogP contribution is -1.89. The number of fused-ring (bicyclic) bond motifs is 1. The Balaban J connectivity index is 2.58. The van der Waals surface area contributed by atoms with Crippen molar-refractivity contribution in [1.82, 2.24) is 0 Å². The van der Waals surface area contributed by atoms with Crippen LogP contribution in [0.3, 0.4) is 0 Å². The Labute approximate surface area is 78.9 Å². The van der Waals surface area contributed by atoms with Crippen LogP contribution in [0.15, 0.2) is 27.8 Å². The smallest absolute Gasteiger partial charge is 0.149 e. The second-order valence-electron chi connectivity index (χ2n) is 2.54. The number of rotatable bonds is 0. The molecule has 0 aliphatic heterocycles. The van der Waals surface area contributed by atoms with Gasteiger partial charge in [-0.25, -0.2) is 5.11 Å². The van der Waals surface area contributed by atoms with Crippen LogP contribution in [0.2, 0.25) is 0 Å². The highest BCUT2D eigenvalue weighted by Crippen LogP contribution is 2.37. The number of hydrogen-bond donors (Lipinski definition) is 0. The van der Waals surface area contributed by atoms with Crippen LogP contribution in [0.25, 0.3) is 6.08 Å². The summed E-state index contributed by atoms with van der Waals surface area (Å²) < 4.78 is 0.892. The van der Waals surface area contributed by atoms with Gasteiger partial charge in [-0.1, -0.05) is 24.3 Å². The minimum absolute atomic E-state index is 0.633. The maximum absolute atomic E-state index is 11.4. The molecule has 1 atom stereocenters. The second-order valence-corrected chi connectivity index (χ2v) is 3.78. The molecular formula is C9H6IO. The van der Waals surface area contributed by atoms with Gasteiger partial charge in [-0.15, -0.1) is 0 Å². The Morgan fingerprint density at radius 2 is 2.00 bits per heavy atom. The normalized spacial score (nSPS) is 21.3. The van der Waals surface area contributed by atoms with Gasteiger partial charge in [-0.05, 0) is 39.8 Å². The van der Waals surface area contributed by atoms with Gasteiger partial charge in [-0.3, -0.25) is 0 Å². The summed E-state index contributed by atoms with van der Waals surface area (Å²) in [6, 6.07) is 7.74. The lowest BCUT2D eigenvalue weighted by Gasteiger charge is -2.00. The molecule has 0 heterocycles. The van der Waals surface area contributed by atoms with Crippen LogP contribution < -0.4 is 0 Å². The molecule has 11 heavy (non-hydrogen) atoms. The Kier molecular flexibility index (Phi) is 1.73. The Morgan fingerprint density at radius 1 is 1.27 bits per heavy atom. The molecule has 55 valence electrons. The molecule has 1 aliphatic carbocycles. The molecule has 1 aromatic rings. The van der Waals surface area contributed by atoms with Crippen LogP contribution in [0.1, 0.15) is 17.2 Å². The first kappa shape index (κ1) is 7.31. The summed E-state index contributed by atoms with van der Waals surface area (Å²) in [5.41, 5.74) is 1.99. The van der Waals surface area contributed by atoms with Crippen LogP contribution in [-0.4, -0.2) is 0 Å². The van der Waals surface area contributed by atoms with E-state index in [0.717, 1.165) is 14.7 Å². The van der Waals surface area contributed by atoms with Crippen LogP contribution in [0.5, 0.6) is 0 Å². The maximum Gasteiger partial charge on any atom is 0.149 e. The summed E-state index contributed by atoms with van der Waals surface area (Å²) in [6.45, 7) is 0. The molecule has 1 aromatic carbocycles. The monoisotopic (exact) mass is 257 g/mol. The largest absolute Gasteiger partial charge is 0.222 e. The van der Waals surface area contributed by atoms with Crippen molar-refractivity contribution >= 4 is 28.7 Å². The summed E-state index contributed by atoms with van der Waals surface area (Å²) in [5, 5.41) is 11.4. The third-order valence-electron chi connectivity index (χ3n) is 1.82. The van der Waals surface area contributed by atoms with Gasteiger partial charge in [0.25, 0.3) is 0 Å². The van der Waals surface area contributed by atoms with E-state index in [9.17, 15) is 5.11 Å². The molecule has 2 rings (SSSR count). The van der Waals surface area contributed by atoms with Crippen LogP contribution >= 0.6 is 22.6 Å². The summed E-state index contributed by atoms with van der Waals surface area (Å²) in [4.78, 5) is 0. The van der Waals surface area contributed by atoms with Gasteiger partial charge in [-0.2, -0.15) is 0 Å². The third-order valence-corrected chi connectivity index (χ3v) is 2.70. The van der Waals surface area contributed by atoms with Crippen molar-refractivity contribution in [3.63, 3.8) is 0 Å². The molecule has 0 N–H and O–H groups in total. The molecule has 0 bridgehead atoms. The zero-order chi connectivity index (χ0) is 7.84. The molecule has 0 aromatic heterocycles. The zero-order valence-electron chi connectivity index (χ0n) is 5.75. The van der Waals surface area contributed by atoms with Gasteiger partial charge in [0.2, 0.25) is 0 Å². The molecule has 2 heteroatoms. The van der Waals surface area contributed by atoms with Crippen LogP contribution in [-0.2, 0) is 5.11 Å². The molecule has 0 amide bonds. The van der Waals surface area contributed by atoms with E-state index in [1.165, 1.54) is 0 Å². The van der Waals surface area contributed by atoms with Crippen molar-refractivity contribution in [3.05, 3.63) is 39.0 Å². The topological polar surface area (TPSA) is 19.9 Å². The van der Waals surface area contributed by atoms with Crippen molar-refractivity contribution in [3.8, 4) is 0 Å². The van der Waals surface area contributed by atoms with Crippen LogP contribution in [0, 0.1) is 0 Å². The molecule has 0 saturated heterocycles. The lowest BCUT2D eigenvalue weighted by molar-refractivity contribution is 0.133. The highest BCUT2D eigenvalue weighted by Gasteiger charge is 2.21. The van der Waals surface area contributed by atoms with E-state index in [0.29, 0.717) is 0 Å². The molecule has 0 fully saturated rings. The van der Waals surface area contributed by atoms with Gasteiger partial charge >= 0.3 is 0 Å². The molecule has 0 spiro atoms. The Bertz CT molecular complexity index is 317. The highest BCUT2D eigenvalue weighted by molar-refractivity contribution is 14.1. The van der Waals surface area contributed by atoms with Gasteiger partial charge in [0.05, 0.1) is 0 Å². The van der Waals surface area contributed by atoms with Crippen LogP contribution in [0.4, 0.5) is 0 Å². The predicted octanol–water partition coefficient (Wildman–Crippen LogP) is 2.95. The fourth-order valence-electron chi connectivity index (χ4n) is 1.25. The SMILES string of the molecule is [O]C1C(I)=Cc2ccccc21. The van der Waals surface area contributed by atoms with Crippen molar-refractivity contribution in [1.29, 1.82) is 0 Å². The van der Waals surface area contributed by atoms with Gasteiger partial charge < -0.3 is 0 Å². The van der Waals surface area contributed by atoms with Crippen molar-refractivity contribution in [2.45, 2.75) is 6.10 Å². The molecule has 1 aliphatic rings. The van der Waals surface area contributed by atoms with Gasteiger partial charge in [0.1, 0.15) is 6.10 Å². The van der Waals surface area contributed by atoms with E-state index in [1.54, 1.807) is 0 Å². The third kappa shape index (κ3) is 1.10. The van der Waals surface area contributed by atoms with Gasteiger partial charge in [0, 0.05) is 3.58 Å². The van der Waals surface area contributed by atoms with E-state index in [2.05, 4.69) is 22.6 Å². The summed E-state index contributed by atoms with van der Waals surface area (Å²) in [7, 11) is 0.